The maximum absolute atomic E-state index is 13.0. The Labute approximate surface area is 190 Å². The summed E-state index contributed by atoms with van der Waals surface area (Å²) in [4.78, 5) is 23.6. The first-order valence-electron chi connectivity index (χ1n) is 10.4. The minimum atomic E-state index is -0.465. The number of non-ortho nitro benzene ring substituents is 1. The molecule has 0 saturated heterocycles. The number of nitro groups is 1. The van der Waals surface area contributed by atoms with Crippen molar-refractivity contribution >= 4 is 11.6 Å². The lowest BCUT2D eigenvalue weighted by Gasteiger charge is -2.08. The van der Waals surface area contributed by atoms with Crippen molar-refractivity contribution in [2.24, 2.45) is 0 Å². The van der Waals surface area contributed by atoms with Crippen LogP contribution in [0.2, 0.25) is 0 Å². The predicted octanol–water partition coefficient (Wildman–Crippen LogP) is 4.43. The number of aromatic nitrogens is 2. The summed E-state index contributed by atoms with van der Waals surface area (Å²) < 4.78 is 6.71. The molecule has 8 nitrogen and oxygen atoms in total. The molecule has 0 aliphatic rings. The summed E-state index contributed by atoms with van der Waals surface area (Å²) in [5.74, 6) is 0.434. The zero-order valence-electron chi connectivity index (χ0n) is 18.0. The number of nitrogens with zero attached hydrogens (tertiary/aromatic N) is 3. The van der Waals surface area contributed by atoms with Gasteiger partial charge in [0.25, 0.3) is 11.6 Å². The van der Waals surface area contributed by atoms with E-state index >= 15 is 0 Å². The van der Waals surface area contributed by atoms with E-state index in [1.54, 1.807) is 25.3 Å². The molecule has 4 aromatic rings. The molecule has 33 heavy (non-hydrogen) atoms. The summed E-state index contributed by atoms with van der Waals surface area (Å²) >= 11 is 0. The minimum absolute atomic E-state index is 0.0323. The van der Waals surface area contributed by atoms with Crippen LogP contribution in [0, 0.1) is 10.1 Å². The number of nitrogens with one attached hydrogen (secondary N) is 1. The highest BCUT2D eigenvalue weighted by atomic mass is 16.6. The molecule has 0 aliphatic carbocycles. The molecule has 0 fully saturated rings. The Morgan fingerprint density at radius 1 is 1.03 bits per heavy atom. The van der Waals surface area contributed by atoms with Gasteiger partial charge in [0.05, 0.1) is 23.4 Å². The average molecular weight is 442 g/mol. The predicted molar refractivity (Wildman–Crippen MR) is 125 cm³/mol. The van der Waals surface area contributed by atoms with Crippen molar-refractivity contribution in [1.29, 1.82) is 0 Å². The van der Waals surface area contributed by atoms with Gasteiger partial charge in [-0.25, -0.2) is 4.68 Å². The molecule has 4 rings (SSSR count). The first-order valence-corrected chi connectivity index (χ1v) is 10.4. The quantitative estimate of drug-likeness (QED) is 0.321. The lowest BCUT2D eigenvalue weighted by Crippen LogP contribution is -2.27. The first kappa shape index (κ1) is 21.8. The highest BCUT2D eigenvalue weighted by molar-refractivity contribution is 5.94. The number of nitro benzene ring substituents is 1. The summed E-state index contributed by atoms with van der Waals surface area (Å²) in [5, 5.41) is 18.6. The number of hydrogen-bond acceptors (Lipinski definition) is 5. The number of carbonyl (C=O) groups is 1. The van der Waals surface area contributed by atoms with E-state index in [4.69, 9.17) is 4.74 Å². The van der Waals surface area contributed by atoms with Gasteiger partial charge in [-0.05, 0) is 54.4 Å². The fourth-order valence-corrected chi connectivity index (χ4v) is 3.41. The number of amides is 1. The number of ether oxygens (including phenoxy) is 1. The molecule has 0 saturated carbocycles. The number of methoxy groups -OCH3 is 1. The van der Waals surface area contributed by atoms with Gasteiger partial charge in [-0.1, -0.05) is 30.3 Å². The third kappa shape index (κ3) is 5.07. The van der Waals surface area contributed by atoms with Crippen LogP contribution in [-0.4, -0.2) is 34.3 Å². The van der Waals surface area contributed by atoms with Gasteiger partial charge in [0.15, 0.2) is 0 Å². The van der Waals surface area contributed by atoms with Crippen molar-refractivity contribution < 1.29 is 14.5 Å². The van der Waals surface area contributed by atoms with E-state index in [0.717, 1.165) is 11.1 Å². The van der Waals surface area contributed by atoms with Crippen molar-refractivity contribution in [2.75, 3.05) is 13.7 Å². The van der Waals surface area contributed by atoms with E-state index in [2.05, 4.69) is 10.4 Å². The van der Waals surface area contributed by atoms with E-state index in [-0.39, 0.29) is 11.6 Å². The molecule has 1 amide bonds. The smallest absolute Gasteiger partial charge is 0.270 e. The van der Waals surface area contributed by atoms with Crippen LogP contribution in [0.5, 0.6) is 5.75 Å². The molecule has 0 atom stereocenters. The van der Waals surface area contributed by atoms with Crippen LogP contribution in [0.1, 0.15) is 16.1 Å². The summed E-state index contributed by atoms with van der Waals surface area (Å²) in [7, 11) is 1.59. The molecule has 1 heterocycles. The molecule has 0 spiro atoms. The van der Waals surface area contributed by atoms with E-state index in [0.29, 0.717) is 35.8 Å². The summed E-state index contributed by atoms with van der Waals surface area (Å²) in [6.45, 7) is 0.464. The highest BCUT2D eigenvalue weighted by Gasteiger charge is 2.18. The van der Waals surface area contributed by atoms with Crippen LogP contribution in [0.4, 0.5) is 5.69 Å². The zero-order chi connectivity index (χ0) is 23.2. The van der Waals surface area contributed by atoms with Crippen LogP contribution in [0.25, 0.3) is 16.9 Å². The summed E-state index contributed by atoms with van der Waals surface area (Å²) in [6.07, 6.45) is 0.698. The van der Waals surface area contributed by atoms with Crippen LogP contribution in [0.15, 0.2) is 84.9 Å². The molecule has 0 radical (unpaired) electrons. The third-order valence-corrected chi connectivity index (χ3v) is 5.17. The normalized spacial score (nSPS) is 10.6. The van der Waals surface area contributed by atoms with Crippen molar-refractivity contribution in [1.82, 2.24) is 15.1 Å². The molecule has 0 unspecified atom stereocenters. The van der Waals surface area contributed by atoms with Gasteiger partial charge in [0.2, 0.25) is 0 Å². The largest absolute Gasteiger partial charge is 0.497 e. The van der Waals surface area contributed by atoms with Gasteiger partial charge in [-0.15, -0.1) is 0 Å². The van der Waals surface area contributed by atoms with Crippen LogP contribution in [0.3, 0.4) is 0 Å². The van der Waals surface area contributed by atoms with Crippen LogP contribution in [-0.2, 0) is 6.42 Å². The molecule has 8 heteroatoms. The van der Waals surface area contributed by atoms with Crippen molar-refractivity contribution in [3.05, 3.63) is 106 Å². The average Bonchev–Trinajstić information content (AvgIpc) is 3.30. The van der Waals surface area contributed by atoms with E-state index < -0.39 is 4.92 Å². The van der Waals surface area contributed by atoms with Gasteiger partial charge in [0, 0.05) is 24.2 Å². The fraction of sp³-hybridized carbons (Fsp3) is 0.120. The number of rotatable bonds is 8. The number of benzene rings is 3. The molecule has 1 aromatic heterocycles. The number of carbonyl (C=O) groups excluding carboxylic acids is 1. The van der Waals surface area contributed by atoms with Gasteiger partial charge in [-0.3, -0.25) is 14.9 Å². The molecule has 0 aliphatic heterocycles. The zero-order valence-corrected chi connectivity index (χ0v) is 18.0. The molecule has 0 bridgehead atoms. The topological polar surface area (TPSA) is 99.3 Å². The maximum Gasteiger partial charge on any atom is 0.270 e. The van der Waals surface area contributed by atoms with E-state index in [9.17, 15) is 14.9 Å². The molecular formula is C25H22N4O4. The van der Waals surface area contributed by atoms with Gasteiger partial charge in [-0.2, -0.15) is 5.10 Å². The molecule has 1 N–H and O–H groups in total. The van der Waals surface area contributed by atoms with Crippen molar-refractivity contribution in [3.63, 3.8) is 0 Å². The fourth-order valence-electron chi connectivity index (χ4n) is 3.41. The second-order valence-electron chi connectivity index (χ2n) is 7.32. The van der Waals surface area contributed by atoms with Crippen LogP contribution < -0.4 is 10.1 Å². The number of hydrogen-bond donors (Lipinski definition) is 1. The Morgan fingerprint density at radius 2 is 1.73 bits per heavy atom. The maximum atomic E-state index is 13.0. The van der Waals surface area contributed by atoms with Crippen molar-refractivity contribution in [3.8, 4) is 22.7 Å². The Kier molecular flexibility index (Phi) is 6.45. The Balaban J connectivity index is 1.63. The molecule has 166 valence electrons. The van der Waals surface area contributed by atoms with E-state index in [1.807, 2.05) is 54.6 Å². The van der Waals surface area contributed by atoms with Gasteiger partial charge in [0.1, 0.15) is 11.4 Å². The lowest BCUT2D eigenvalue weighted by atomic mass is 10.1. The second kappa shape index (κ2) is 9.78. The standard InChI is InChI=1S/C25H22N4O4/c1-33-22-13-7-19(8-14-22)23-17-24(25(30)26-16-15-18-5-3-2-4-6-18)28(27-23)20-9-11-21(12-10-20)29(31)32/h2-14,17H,15-16H2,1H3,(H,26,30). The Bertz CT molecular complexity index is 1250. The van der Waals surface area contributed by atoms with Gasteiger partial charge >= 0.3 is 0 Å². The minimum Gasteiger partial charge on any atom is -0.497 e. The Hall–Kier alpha value is -4.46. The van der Waals surface area contributed by atoms with E-state index in [1.165, 1.54) is 16.8 Å². The summed E-state index contributed by atoms with van der Waals surface area (Å²) in [6, 6.07) is 24.9. The monoisotopic (exact) mass is 442 g/mol. The highest BCUT2D eigenvalue weighted by Crippen LogP contribution is 2.25. The Morgan fingerprint density at radius 3 is 2.36 bits per heavy atom. The SMILES string of the molecule is COc1ccc(-c2cc(C(=O)NCCc3ccccc3)n(-c3ccc([N+](=O)[O-])cc3)n2)cc1. The molecule has 3 aromatic carbocycles. The van der Waals surface area contributed by atoms with Crippen molar-refractivity contribution in [2.45, 2.75) is 6.42 Å². The second-order valence-corrected chi connectivity index (χ2v) is 7.32. The lowest BCUT2D eigenvalue weighted by molar-refractivity contribution is -0.384. The van der Waals surface area contributed by atoms with Gasteiger partial charge < -0.3 is 10.1 Å². The van der Waals surface area contributed by atoms with Crippen LogP contribution >= 0.6 is 0 Å². The third-order valence-electron chi connectivity index (χ3n) is 5.17. The molecular weight excluding hydrogens is 420 g/mol. The first-order chi connectivity index (χ1) is 16.0. The summed E-state index contributed by atoms with van der Waals surface area (Å²) in [5.41, 5.74) is 3.39.